The van der Waals surface area contributed by atoms with Gasteiger partial charge in [-0.15, -0.1) is 5.10 Å². The lowest BCUT2D eigenvalue weighted by Gasteiger charge is -2.23. The van der Waals surface area contributed by atoms with Crippen LogP contribution in [0.15, 0.2) is 24.3 Å². The lowest BCUT2D eigenvalue weighted by molar-refractivity contribution is 0.0512. The first kappa shape index (κ1) is 12.7. The van der Waals surface area contributed by atoms with E-state index < -0.39 is 5.97 Å². The second-order valence-corrected chi connectivity index (χ2v) is 4.58. The van der Waals surface area contributed by atoms with Gasteiger partial charge in [0.05, 0.1) is 19.1 Å². The van der Waals surface area contributed by atoms with E-state index in [0.717, 1.165) is 17.7 Å². The third kappa shape index (κ3) is 2.36. The largest absolute Gasteiger partial charge is 0.493 e. The van der Waals surface area contributed by atoms with Crippen LogP contribution in [0.5, 0.6) is 5.75 Å². The van der Waals surface area contributed by atoms with Crippen LogP contribution in [0, 0.1) is 0 Å². The molecule has 0 bridgehead atoms. The molecule has 1 aromatic carbocycles. The van der Waals surface area contributed by atoms with E-state index in [0.29, 0.717) is 19.0 Å². The summed E-state index contributed by atoms with van der Waals surface area (Å²) in [5, 5.41) is 6.70. The molecule has 104 valence electrons. The number of para-hydroxylation sites is 1. The Morgan fingerprint density at radius 2 is 2.35 bits per heavy atom. The minimum atomic E-state index is -0.507. The van der Waals surface area contributed by atoms with Crippen molar-refractivity contribution in [2.45, 2.75) is 19.3 Å². The molecule has 0 aliphatic carbocycles. The Labute approximate surface area is 116 Å². The third-order valence-corrected chi connectivity index (χ3v) is 3.23. The average Bonchev–Trinajstić information content (AvgIpc) is 2.97. The molecule has 3 rings (SSSR count). The standard InChI is InChI=1S/C14H15N3O3/c1-2-19-14(18)13-15-12(16-17-13)10-7-9-5-3-4-6-11(9)20-8-10/h3-6,10H,2,7-8H2,1H3,(H,15,16,17). The number of aromatic nitrogens is 3. The van der Waals surface area contributed by atoms with E-state index in [2.05, 4.69) is 15.2 Å². The minimum Gasteiger partial charge on any atom is -0.493 e. The Morgan fingerprint density at radius 1 is 1.50 bits per heavy atom. The Bertz CT molecular complexity index is 624. The normalized spacial score (nSPS) is 17.1. The van der Waals surface area contributed by atoms with Gasteiger partial charge in [0.15, 0.2) is 0 Å². The predicted octanol–water partition coefficient (Wildman–Crippen LogP) is 1.70. The van der Waals surface area contributed by atoms with Crippen LogP contribution in [0.1, 0.15) is 34.8 Å². The fraction of sp³-hybridized carbons (Fsp3) is 0.357. The number of carbonyl (C=O) groups excluding carboxylic acids is 1. The zero-order chi connectivity index (χ0) is 13.9. The Kier molecular flexibility index (Phi) is 3.37. The highest BCUT2D eigenvalue weighted by atomic mass is 16.5. The fourth-order valence-electron chi connectivity index (χ4n) is 2.25. The Morgan fingerprint density at radius 3 is 3.20 bits per heavy atom. The number of nitrogens with zero attached hydrogens (tertiary/aromatic N) is 2. The molecule has 1 N–H and O–H groups in total. The Hall–Kier alpha value is -2.37. The van der Waals surface area contributed by atoms with Crippen molar-refractivity contribution < 1.29 is 14.3 Å². The number of ether oxygens (including phenoxy) is 2. The summed E-state index contributed by atoms with van der Waals surface area (Å²) >= 11 is 0. The molecule has 0 spiro atoms. The average molecular weight is 273 g/mol. The molecule has 6 nitrogen and oxygen atoms in total. The van der Waals surface area contributed by atoms with Gasteiger partial charge in [-0.25, -0.2) is 9.78 Å². The van der Waals surface area contributed by atoms with Crippen LogP contribution in [-0.4, -0.2) is 34.4 Å². The second-order valence-electron chi connectivity index (χ2n) is 4.58. The molecule has 1 unspecified atom stereocenters. The summed E-state index contributed by atoms with van der Waals surface area (Å²) < 4.78 is 10.6. The third-order valence-electron chi connectivity index (χ3n) is 3.23. The smallest absolute Gasteiger partial charge is 0.378 e. The summed E-state index contributed by atoms with van der Waals surface area (Å²) in [6.07, 6.45) is 0.813. The number of aromatic amines is 1. The summed E-state index contributed by atoms with van der Waals surface area (Å²) in [5.41, 5.74) is 1.14. The molecular weight excluding hydrogens is 258 g/mol. The van der Waals surface area contributed by atoms with Gasteiger partial charge in [-0.05, 0) is 25.0 Å². The number of carbonyl (C=O) groups is 1. The molecule has 1 aromatic heterocycles. The maximum absolute atomic E-state index is 11.5. The number of nitrogens with one attached hydrogen (secondary N) is 1. The van der Waals surface area contributed by atoms with Crippen molar-refractivity contribution in [3.05, 3.63) is 41.5 Å². The summed E-state index contributed by atoms with van der Waals surface area (Å²) in [4.78, 5) is 15.7. The van der Waals surface area contributed by atoms with Gasteiger partial charge >= 0.3 is 5.97 Å². The number of rotatable bonds is 3. The highest BCUT2D eigenvalue weighted by Gasteiger charge is 2.25. The van der Waals surface area contributed by atoms with E-state index in [1.165, 1.54) is 0 Å². The van der Waals surface area contributed by atoms with Crippen molar-refractivity contribution in [1.29, 1.82) is 0 Å². The summed E-state index contributed by atoms with van der Waals surface area (Å²) in [5.74, 6) is 1.20. The molecule has 1 atom stereocenters. The van der Waals surface area contributed by atoms with Crippen LogP contribution in [0.4, 0.5) is 0 Å². The lowest BCUT2D eigenvalue weighted by atomic mass is 9.96. The summed E-state index contributed by atoms with van der Waals surface area (Å²) in [6, 6.07) is 7.92. The van der Waals surface area contributed by atoms with Gasteiger partial charge in [0.25, 0.3) is 5.82 Å². The molecule has 6 heteroatoms. The quantitative estimate of drug-likeness (QED) is 0.861. The zero-order valence-corrected chi connectivity index (χ0v) is 11.1. The van der Waals surface area contributed by atoms with Crippen molar-refractivity contribution in [1.82, 2.24) is 15.2 Å². The van der Waals surface area contributed by atoms with Gasteiger partial charge < -0.3 is 9.47 Å². The molecule has 1 aliphatic heterocycles. The maximum atomic E-state index is 11.5. The van der Waals surface area contributed by atoms with Gasteiger partial charge in [-0.2, -0.15) is 0 Å². The zero-order valence-electron chi connectivity index (χ0n) is 11.1. The van der Waals surface area contributed by atoms with Gasteiger partial charge in [-0.1, -0.05) is 18.2 Å². The number of benzene rings is 1. The van der Waals surface area contributed by atoms with E-state index in [9.17, 15) is 4.79 Å². The van der Waals surface area contributed by atoms with Gasteiger partial charge in [0.1, 0.15) is 11.6 Å². The SMILES string of the molecule is CCOC(=O)c1n[nH]c(C2COc3ccccc3C2)n1. The topological polar surface area (TPSA) is 77.1 Å². The molecule has 0 saturated heterocycles. The van der Waals surface area contributed by atoms with E-state index >= 15 is 0 Å². The van der Waals surface area contributed by atoms with E-state index in [4.69, 9.17) is 9.47 Å². The number of fused-ring (bicyclic) bond motifs is 1. The van der Waals surface area contributed by atoms with Crippen LogP contribution in [0.3, 0.4) is 0 Å². The predicted molar refractivity (Wildman–Crippen MR) is 70.7 cm³/mol. The molecule has 0 fully saturated rings. The minimum absolute atomic E-state index is 0.0700. The van der Waals surface area contributed by atoms with E-state index in [-0.39, 0.29) is 11.7 Å². The molecule has 2 heterocycles. The molecule has 0 amide bonds. The number of H-pyrrole nitrogens is 1. The van der Waals surface area contributed by atoms with E-state index in [1.54, 1.807) is 6.92 Å². The van der Waals surface area contributed by atoms with Crippen molar-refractivity contribution in [3.63, 3.8) is 0 Å². The van der Waals surface area contributed by atoms with Crippen LogP contribution >= 0.6 is 0 Å². The van der Waals surface area contributed by atoms with Gasteiger partial charge in [0, 0.05) is 0 Å². The van der Waals surface area contributed by atoms with E-state index in [1.807, 2.05) is 24.3 Å². The lowest BCUT2D eigenvalue weighted by Crippen LogP contribution is -2.20. The number of esters is 1. The molecule has 0 radical (unpaired) electrons. The molecule has 2 aromatic rings. The number of hydrogen-bond donors (Lipinski definition) is 1. The van der Waals surface area contributed by atoms with Crippen LogP contribution in [-0.2, 0) is 11.2 Å². The van der Waals surface area contributed by atoms with Gasteiger partial charge in [-0.3, -0.25) is 5.10 Å². The molecule has 1 aliphatic rings. The molecule has 20 heavy (non-hydrogen) atoms. The fourth-order valence-corrected chi connectivity index (χ4v) is 2.25. The highest BCUT2D eigenvalue weighted by molar-refractivity contribution is 5.84. The van der Waals surface area contributed by atoms with Crippen molar-refractivity contribution in [2.24, 2.45) is 0 Å². The van der Waals surface area contributed by atoms with Crippen LogP contribution < -0.4 is 4.74 Å². The first-order chi connectivity index (χ1) is 9.78. The summed E-state index contributed by atoms with van der Waals surface area (Å²) in [6.45, 7) is 2.58. The number of hydrogen-bond acceptors (Lipinski definition) is 5. The highest BCUT2D eigenvalue weighted by Crippen LogP contribution is 2.30. The summed E-state index contributed by atoms with van der Waals surface area (Å²) in [7, 11) is 0. The maximum Gasteiger partial charge on any atom is 0.378 e. The first-order valence-corrected chi connectivity index (χ1v) is 6.58. The second kappa shape index (κ2) is 5.32. The van der Waals surface area contributed by atoms with Gasteiger partial charge in [0.2, 0.25) is 0 Å². The first-order valence-electron chi connectivity index (χ1n) is 6.58. The van der Waals surface area contributed by atoms with Crippen LogP contribution in [0.25, 0.3) is 0 Å². The van der Waals surface area contributed by atoms with Crippen molar-refractivity contribution in [3.8, 4) is 5.75 Å². The molecular formula is C14H15N3O3. The molecule has 0 saturated carbocycles. The van der Waals surface area contributed by atoms with Crippen molar-refractivity contribution in [2.75, 3.05) is 13.2 Å². The Balaban J connectivity index is 1.77. The van der Waals surface area contributed by atoms with Crippen molar-refractivity contribution >= 4 is 5.97 Å². The monoisotopic (exact) mass is 273 g/mol. The van der Waals surface area contributed by atoms with Crippen LogP contribution in [0.2, 0.25) is 0 Å².